The van der Waals surface area contributed by atoms with Crippen molar-refractivity contribution in [2.24, 2.45) is 0 Å². The number of aromatic nitrogens is 2. The van der Waals surface area contributed by atoms with Crippen LogP contribution in [0.3, 0.4) is 0 Å². The van der Waals surface area contributed by atoms with Crippen LogP contribution in [0, 0.1) is 25.5 Å². The lowest BCUT2D eigenvalue weighted by molar-refractivity contribution is -0.185. The highest BCUT2D eigenvalue weighted by atomic mass is 19.1. The van der Waals surface area contributed by atoms with Crippen LogP contribution in [0.25, 0.3) is 0 Å². The second kappa shape index (κ2) is 9.16. The number of rotatable bonds is 6. The van der Waals surface area contributed by atoms with Crippen LogP contribution < -0.4 is 10.6 Å². The predicted molar refractivity (Wildman–Crippen MR) is 109 cm³/mol. The fourth-order valence-electron chi connectivity index (χ4n) is 2.85. The van der Waals surface area contributed by atoms with Gasteiger partial charge in [0, 0.05) is 18.2 Å². The van der Waals surface area contributed by atoms with Gasteiger partial charge in [0.15, 0.2) is 0 Å². The summed E-state index contributed by atoms with van der Waals surface area (Å²) in [6.07, 6.45) is 0.977. The minimum absolute atomic E-state index is 0.103. The van der Waals surface area contributed by atoms with Crippen molar-refractivity contribution in [3.8, 4) is 0 Å². The zero-order chi connectivity index (χ0) is 23.5. The first-order valence-electron chi connectivity index (χ1n) is 9.46. The molecule has 1 heterocycles. The molecule has 4 N–H and O–H groups in total. The van der Waals surface area contributed by atoms with Gasteiger partial charge < -0.3 is 15.5 Å². The fourth-order valence-corrected chi connectivity index (χ4v) is 2.85. The highest BCUT2D eigenvalue weighted by Crippen LogP contribution is 2.19. The summed E-state index contributed by atoms with van der Waals surface area (Å²) in [5.41, 5.74) is 0.667. The molecule has 0 fully saturated rings. The van der Waals surface area contributed by atoms with E-state index in [-0.39, 0.29) is 34.9 Å². The Bertz CT molecular complexity index is 1180. The summed E-state index contributed by atoms with van der Waals surface area (Å²) in [4.78, 5) is 32.4. The normalized spacial score (nSPS) is 11.2. The minimum atomic E-state index is -2.80. The fraction of sp³-hybridized carbons (Fsp3) is 0.182. The van der Waals surface area contributed by atoms with Gasteiger partial charge >= 0.3 is 0 Å². The van der Waals surface area contributed by atoms with Gasteiger partial charge in [-0.25, -0.2) is 18.7 Å². The average Bonchev–Trinajstić information content (AvgIpc) is 2.76. The number of nitrogens with zero attached hydrogens (tertiary/aromatic N) is 2. The van der Waals surface area contributed by atoms with Crippen LogP contribution in [0.4, 0.5) is 8.78 Å². The molecule has 0 aliphatic rings. The Balaban J connectivity index is 1.70. The molecule has 8 nitrogen and oxygen atoms in total. The third-order valence-electron chi connectivity index (χ3n) is 4.66. The van der Waals surface area contributed by atoms with Crippen molar-refractivity contribution >= 4 is 11.8 Å². The van der Waals surface area contributed by atoms with Gasteiger partial charge in [-0.15, -0.1) is 0 Å². The van der Waals surface area contributed by atoms with Gasteiger partial charge in [0.2, 0.25) is 0 Å². The molecular weight excluding hydrogens is 422 g/mol. The zero-order valence-corrected chi connectivity index (χ0v) is 17.2. The van der Waals surface area contributed by atoms with E-state index in [9.17, 15) is 28.6 Å². The Morgan fingerprint density at radius 2 is 1.50 bits per heavy atom. The molecule has 0 unspecified atom stereocenters. The van der Waals surface area contributed by atoms with E-state index in [4.69, 9.17) is 0 Å². The standard InChI is InChI=1S/C22H20F2N4O4/c1-12-7-14(3-5-16(12)23)10-25-20(29)18-9-19(27-11-26-18)21(30)28-22(31,32)15-4-6-17(24)13(2)8-15/h3-9,11,31-32H,10H2,1-2H3,(H,25,29)(H,28,30). The van der Waals surface area contributed by atoms with Crippen LogP contribution >= 0.6 is 0 Å². The van der Waals surface area contributed by atoms with E-state index >= 15 is 0 Å². The smallest absolute Gasteiger partial charge is 0.275 e. The van der Waals surface area contributed by atoms with Crippen LogP contribution in [0.1, 0.15) is 43.2 Å². The SMILES string of the molecule is Cc1cc(CNC(=O)c2cc(C(=O)NC(O)(O)c3ccc(F)c(C)c3)ncn2)ccc1F. The van der Waals surface area contributed by atoms with Crippen LogP contribution in [-0.4, -0.2) is 32.0 Å². The second-order valence-electron chi connectivity index (χ2n) is 7.15. The number of hydrogen-bond donors (Lipinski definition) is 4. The Labute approximate surface area is 182 Å². The summed E-state index contributed by atoms with van der Waals surface area (Å²) in [7, 11) is 0. The molecule has 0 aliphatic carbocycles. The van der Waals surface area contributed by atoms with Crippen molar-refractivity contribution in [2.75, 3.05) is 0 Å². The van der Waals surface area contributed by atoms with Crippen molar-refractivity contribution in [2.45, 2.75) is 26.3 Å². The summed E-state index contributed by atoms with van der Waals surface area (Å²) < 4.78 is 26.8. The van der Waals surface area contributed by atoms with E-state index in [1.54, 1.807) is 13.0 Å². The van der Waals surface area contributed by atoms with E-state index < -0.39 is 23.5 Å². The van der Waals surface area contributed by atoms with E-state index in [0.29, 0.717) is 11.1 Å². The molecule has 0 saturated carbocycles. The van der Waals surface area contributed by atoms with Crippen molar-refractivity contribution in [1.82, 2.24) is 20.6 Å². The molecule has 2 amide bonds. The van der Waals surface area contributed by atoms with E-state index in [1.165, 1.54) is 25.1 Å². The molecule has 3 rings (SSSR count). The highest BCUT2D eigenvalue weighted by molar-refractivity contribution is 5.97. The quantitative estimate of drug-likeness (QED) is 0.432. The molecule has 0 saturated heterocycles. The number of carbonyl (C=O) groups excluding carboxylic acids is 2. The van der Waals surface area contributed by atoms with Crippen molar-refractivity contribution in [1.29, 1.82) is 0 Å². The number of aliphatic hydroxyl groups is 2. The first-order chi connectivity index (χ1) is 15.1. The van der Waals surface area contributed by atoms with Gasteiger partial charge in [-0.1, -0.05) is 12.1 Å². The van der Waals surface area contributed by atoms with Crippen LogP contribution in [0.2, 0.25) is 0 Å². The van der Waals surface area contributed by atoms with E-state index in [0.717, 1.165) is 24.5 Å². The largest absolute Gasteiger partial charge is 0.347 e. The summed E-state index contributed by atoms with van der Waals surface area (Å²) in [6, 6.07) is 8.81. The van der Waals surface area contributed by atoms with Gasteiger partial charge in [-0.2, -0.15) is 0 Å². The monoisotopic (exact) mass is 442 g/mol. The number of aryl methyl sites for hydroxylation is 2. The van der Waals surface area contributed by atoms with Gasteiger partial charge in [-0.3, -0.25) is 14.9 Å². The molecule has 0 atom stereocenters. The Morgan fingerprint density at radius 1 is 0.906 bits per heavy atom. The van der Waals surface area contributed by atoms with Gasteiger partial charge in [0.25, 0.3) is 17.7 Å². The zero-order valence-electron chi connectivity index (χ0n) is 17.2. The second-order valence-corrected chi connectivity index (χ2v) is 7.15. The van der Waals surface area contributed by atoms with Gasteiger partial charge in [0.1, 0.15) is 29.3 Å². The maximum absolute atomic E-state index is 13.4. The number of halogens is 2. The first-order valence-corrected chi connectivity index (χ1v) is 9.46. The van der Waals surface area contributed by atoms with Crippen molar-refractivity contribution in [3.63, 3.8) is 0 Å². The van der Waals surface area contributed by atoms with E-state index in [1.807, 2.05) is 5.32 Å². The maximum Gasteiger partial charge on any atom is 0.275 e. The lowest BCUT2D eigenvalue weighted by atomic mass is 10.1. The Hall–Kier alpha value is -3.76. The summed E-state index contributed by atoms with van der Waals surface area (Å²) in [6.45, 7) is 3.14. The molecule has 166 valence electrons. The number of benzene rings is 2. The summed E-state index contributed by atoms with van der Waals surface area (Å²) >= 11 is 0. The maximum atomic E-state index is 13.4. The molecular formula is C22H20F2N4O4. The Kier molecular flexibility index (Phi) is 6.56. The third-order valence-corrected chi connectivity index (χ3v) is 4.66. The molecule has 0 aliphatic heterocycles. The highest BCUT2D eigenvalue weighted by Gasteiger charge is 2.30. The molecule has 32 heavy (non-hydrogen) atoms. The van der Waals surface area contributed by atoms with Crippen LogP contribution in [0.5, 0.6) is 0 Å². The molecule has 10 heteroatoms. The lowest BCUT2D eigenvalue weighted by Crippen LogP contribution is -2.46. The number of carbonyl (C=O) groups is 2. The number of nitrogens with one attached hydrogen (secondary N) is 2. The third kappa shape index (κ3) is 5.29. The number of hydrogen-bond acceptors (Lipinski definition) is 6. The summed E-state index contributed by atoms with van der Waals surface area (Å²) in [5.74, 6) is -5.31. The van der Waals surface area contributed by atoms with Crippen molar-refractivity contribution < 1.29 is 28.6 Å². The van der Waals surface area contributed by atoms with Crippen LogP contribution in [-0.2, 0) is 12.5 Å². The topological polar surface area (TPSA) is 124 Å². The molecule has 0 bridgehead atoms. The van der Waals surface area contributed by atoms with Crippen LogP contribution in [0.15, 0.2) is 48.8 Å². The average molecular weight is 442 g/mol. The molecule has 2 aromatic carbocycles. The van der Waals surface area contributed by atoms with Crippen molar-refractivity contribution in [3.05, 3.63) is 94.1 Å². The molecule has 3 aromatic rings. The first kappa shape index (κ1) is 22.9. The Morgan fingerprint density at radius 3 is 2.12 bits per heavy atom. The summed E-state index contributed by atoms with van der Waals surface area (Å²) in [5, 5.41) is 25.0. The van der Waals surface area contributed by atoms with Gasteiger partial charge in [0.05, 0.1) is 0 Å². The van der Waals surface area contributed by atoms with E-state index in [2.05, 4.69) is 15.3 Å². The minimum Gasteiger partial charge on any atom is -0.347 e. The van der Waals surface area contributed by atoms with Gasteiger partial charge in [-0.05, 0) is 54.8 Å². The molecule has 1 aromatic heterocycles. The predicted octanol–water partition coefficient (Wildman–Crippen LogP) is 1.83. The number of amides is 2. The molecule has 0 radical (unpaired) electrons. The lowest BCUT2D eigenvalue weighted by Gasteiger charge is -2.23. The molecule has 0 spiro atoms.